The van der Waals surface area contributed by atoms with E-state index in [1.807, 2.05) is 0 Å². The maximum absolute atomic E-state index is 13.7. The van der Waals surface area contributed by atoms with Crippen LogP contribution in [-0.2, 0) is 4.79 Å². The van der Waals surface area contributed by atoms with Crippen LogP contribution in [0.5, 0.6) is 0 Å². The first-order chi connectivity index (χ1) is 9.40. The number of aryl methyl sites for hydroxylation is 1. The zero-order chi connectivity index (χ0) is 14.9. The summed E-state index contributed by atoms with van der Waals surface area (Å²) < 4.78 is 41.0. The molecule has 0 saturated heterocycles. The largest absolute Gasteiger partial charge is 0.481 e. The lowest BCUT2D eigenvalue weighted by atomic mass is 10.3. The Morgan fingerprint density at radius 1 is 1.25 bits per heavy atom. The molecule has 106 valence electrons. The van der Waals surface area contributed by atoms with Gasteiger partial charge in [0.05, 0.1) is 11.4 Å². The molecular formula is C11H8F3N3O2S. The number of benzene rings is 1. The van der Waals surface area contributed by atoms with E-state index in [-0.39, 0.29) is 22.4 Å². The van der Waals surface area contributed by atoms with Gasteiger partial charge in [-0.05, 0) is 6.92 Å². The van der Waals surface area contributed by atoms with Crippen LogP contribution in [0, 0.1) is 24.4 Å². The van der Waals surface area contributed by atoms with Gasteiger partial charge in [-0.3, -0.25) is 9.36 Å². The van der Waals surface area contributed by atoms with Gasteiger partial charge in [-0.15, -0.1) is 10.2 Å². The van der Waals surface area contributed by atoms with Crippen LogP contribution in [0.4, 0.5) is 13.2 Å². The maximum Gasteiger partial charge on any atom is 0.313 e. The molecule has 0 amide bonds. The summed E-state index contributed by atoms with van der Waals surface area (Å²) in [7, 11) is 0. The van der Waals surface area contributed by atoms with Crippen LogP contribution < -0.4 is 0 Å². The van der Waals surface area contributed by atoms with Gasteiger partial charge in [-0.2, -0.15) is 0 Å². The van der Waals surface area contributed by atoms with Gasteiger partial charge in [0, 0.05) is 12.1 Å². The molecule has 0 spiro atoms. The smallest absolute Gasteiger partial charge is 0.313 e. The second-order valence-corrected chi connectivity index (χ2v) is 4.71. The molecule has 0 saturated carbocycles. The number of aromatic nitrogens is 3. The molecule has 2 rings (SSSR count). The topological polar surface area (TPSA) is 68.0 Å². The SMILES string of the molecule is Cc1nnc(SCC(=O)O)n1-c1cc(F)c(F)cc1F. The van der Waals surface area contributed by atoms with E-state index in [4.69, 9.17) is 5.11 Å². The molecule has 5 nitrogen and oxygen atoms in total. The Morgan fingerprint density at radius 3 is 2.55 bits per heavy atom. The monoisotopic (exact) mass is 303 g/mol. The standard InChI is InChI=1S/C11H8F3N3O2S/c1-5-15-16-11(20-4-10(18)19)17(5)9-3-7(13)6(12)2-8(9)14/h2-3H,4H2,1H3,(H,18,19). The first kappa shape index (κ1) is 14.4. The average molecular weight is 303 g/mol. The van der Waals surface area contributed by atoms with Crippen molar-refractivity contribution in [2.75, 3.05) is 5.75 Å². The Bertz CT molecular complexity index is 675. The van der Waals surface area contributed by atoms with Crippen molar-refractivity contribution < 1.29 is 23.1 Å². The first-order valence-electron chi connectivity index (χ1n) is 5.31. The van der Waals surface area contributed by atoms with E-state index in [0.29, 0.717) is 12.1 Å². The van der Waals surface area contributed by atoms with E-state index < -0.39 is 23.4 Å². The Balaban J connectivity index is 2.49. The fourth-order valence-electron chi connectivity index (χ4n) is 1.52. The molecule has 0 aliphatic carbocycles. The second kappa shape index (κ2) is 5.53. The van der Waals surface area contributed by atoms with Crippen molar-refractivity contribution in [1.29, 1.82) is 0 Å². The molecule has 20 heavy (non-hydrogen) atoms. The lowest BCUT2D eigenvalue weighted by Crippen LogP contribution is -2.06. The van der Waals surface area contributed by atoms with Crippen molar-refractivity contribution in [3.05, 3.63) is 35.4 Å². The Hall–Kier alpha value is -2.03. The van der Waals surface area contributed by atoms with Crippen molar-refractivity contribution >= 4 is 17.7 Å². The summed E-state index contributed by atoms with van der Waals surface area (Å²) in [6.45, 7) is 1.48. The number of rotatable bonds is 4. The van der Waals surface area contributed by atoms with Crippen molar-refractivity contribution in [3.8, 4) is 5.69 Å². The normalized spacial score (nSPS) is 10.8. The summed E-state index contributed by atoms with van der Waals surface area (Å²) in [5, 5.41) is 16.1. The van der Waals surface area contributed by atoms with Crippen LogP contribution in [-0.4, -0.2) is 31.6 Å². The van der Waals surface area contributed by atoms with Crippen LogP contribution >= 0.6 is 11.8 Å². The van der Waals surface area contributed by atoms with Gasteiger partial charge in [0.2, 0.25) is 0 Å². The van der Waals surface area contributed by atoms with Crippen molar-refractivity contribution in [1.82, 2.24) is 14.8 Å². The minimum Gasteiger partial charge on any atom is -0.481 e. The number of hydrogen-bond donors (Lipinski definition) is 1. The number of halogens is 3. The molecule has 2 aromatic rings. The Kier molecular flexibility index (Phi) is 3.98. The lowest BCUT2D eigenvalue weighted by molar-refractivity contribution is -0.133. The summed E-state index contributed by atoms with van der Waals surface area (Å²) in [5.41, 5.74) is -0.278. The molecular weight excluding hydrogens is 295 g/mol. The van der Waals surface area contributed by atoms with Gasteiger partial charge in [-0.1, -0.05) is 11.8 Å². The number of aliphatic carboxylic acids is 1. The third-order valence-corrected chi connectivity index (χ3v) is 3.26. The zero-order valence-electron chi connectivity index (χ0n) is 10.1. The summed E-state index contributed by atoms with van der Waals surface area (Å²) in [6, 6.07) is 1.08. The van der Waals surface area contributed by atoms with E-state index in [1.54, 1.807) is 0 Å². The number of carboxylic acid groups (broad SMARTS) is 1. The summed E-state index contributed by atoms with van der Waals surface area (Å²) in [5.74, 6) is -4.70. The summed E-state index contributed by atoms with van der Waals surface area (Å²) >= 11 is 0.797. The molecule has 9 heteroatoms. The van der Waals surface area contributed by atoms with Crippen molar-refractivity contribution in [2.24, 2.45) is 0 Å². The average Bonchev–Trinajstić information content (AvgIpc) is 2.73. The molecule has 0 fully saturated rings. The second-order valence-electron chi connectivity index (χ2n) is 3.77. The van der Waals surface area contributed by atoms with E-state index in [2.05, 4.69) is 10.2 Å². The third-order valence-electron chi connectivity index (χ3n) is 2.35. The number of thioether (sulfide) groups is 1. The van der Waals surface area contributed by atoms with E-state index in [1.165, 1.54) is 6.92 Å². The molecule has 0 atom stereocenters. The van der Waals surface area contributed by atoms with Gasteiger partial charge >= 0.3 is 5.97 Å². The van der Waals surface area contributed by atoms with Gasteiger partial charge in [0.25, 0.3) is 0 Å². The van der Waals surface area contributed by atoms with Crippen LogP contribution in [0.15, 0.2) is 17.3 Å². The minimum atomic E-state index is -1.31. The first-order valence-corrected chi connectivity index (χ1v) is 6.30. The van der Waals surface area contributed by atoms with E-state index in [0.717, 1.165) is 16.3 Å². The number of hydrogen-bond acceptors (Lipinski definition) is 4. The molecule has 1 aromatic carbocycles. The molecule has 1 heterocycles. The number of carbonyl (C=O) groups is 1. The molecule has 1 N–H and O–H groups in total. The highest BCUT2D eigenvalue weighted by molar-refractivity contribution is 7.99. The molecule has 1 aromatic heterocycles. The Labute approximate surface area is 115 Å². The third kappa shape index (κ3) is 2.77. The fraction of sp³-hybridized carbons (Fsp3) is 0.182. The van der Waals surface area contributed by atoms with Crippen LogP contribution in [0.2, 0.25) is 0 Å². The van der Waals surface area contributed by atoms with Crippen LogP contribution in [0.1, 0.15) is 5.82 Å². The predicted octanol–water partition coefficient (Wildman–Crippen LogP) is 2.17. The van der Waals surface area contributed by atoms with Gasteiger partial charge in [0.15, 0.2) is 16.8 Å². The number of carboxylic acids is 1. The van der Waals surface area contributed by atoms with Crippen LogP contribution in [0.3, 0.4) is 0 Å². The van der Waals surface area contributed by atoms with E-state index >= 15 is 0 Å². The highest BCUT2D eigenvalue weighted by atomic mass is 32.2. The predicted molar refractivity (Wildman–Crippen MR) is 64.3 cm³/mol. The number of nitrogens with zero attached hydrogens (tertiary/aromatic N) is 3. The van der Waals surface area contributed by atoms with Gasteiger partial charge < -0.3 is 5.11 Å². The Morgan fingerprint density at radius 2 is 1.90 bits per heavy atom. The minimum absolute atomic E-state index is 0.0785. The highest BCUT2D eigenvalue weighted by Crippen LogP contribution is 2.25. The van der Waals surface area contributed by atoms with Crippen molar-refractivity contribution in [3.63, 3.8) is 0 Å². The van der Waals surface area contributed by atoms with Crippen LogP contribution in [0.25, 0.3) is 5.69 Å². The van der Waals surface area contributed by atoms with E-state index in [9.17, 15) is 18.0 Å². The fourth-order valence-corrected chi connectivity index (χ4v) is 2.23. The highest BCUT2D eigenvalue weighted by Gasteiger charge is 2.18. The quantitative estimate of drug-likeness (QED) is 0.692. The molecule has 0 aliphatic heterocycles. The summed E-state index contributed by atoms with van der Waals surface area (Å²) in [6.07, 6.45) is 0. The lowest BCUT2D eigenvalue weighted by Gasteiger charge is -2.09. The van der Waals surface area contributed by atoms with Gasteiger partial charge in [0.1, 0.15) is 11.6 Å². The molecule has 0 bridgehead atoms. The molecule has 0 radical (unpaired) electrons. The van der Waals surface area contributed by atoms with Crippen molar-refractivity contribution in [2.45, 2.75) is 12.1 Å². The maximum atomic E-state index is 13.7. The summed E-state index contributed by atoms with van der Waals surface area (Å²) in [4.78, 5) is 10.5. The zero-order valence-corrected chi connectivity index (χ0v) is 10.9. The molecule has 0 unspecified atom stereocenters. The van der Waals surface area contributed by atoms with Gasteiger partial charge in [-0.25, -0.2) is 13.2 Å². The molecule has 0 aliphatic rings.